The van der Waals surface area contributed by atoms with E-state index in [0.717, 1.165) is 54.5 Å². The maximum atomic E-state index is 12.8. The number of hydrogen-bond acceptors (Lipinski definition) is 5. The molecular formula is C22H25N5O. The zero-order valence-electron chi connectivity index (χ0n) is 16.6. The minimum atomic E-state index is 0.0751. The Morgan fingerprint density at radius 1 is 1.00 bits per heavy atom. The van der Waals surface area contributed by atoms with Crippen LogP contribution in [0.2, 0.25) is 0 Å². The molecule has 6 nitrogen and oxygen atoms in total. The van der Waals surface area contributed by atoms with Crippen molar-refractivity contribution in [1.29, 1.82) is 0 Å². The Morgan fingerprint density at radius 2 is 1.68 bits per heavy atom. The van der Waals surface area contributed by atoms with Crippen molar-refractivity contribution in [2.75, 3.05) is 18.0 Å². The molecule has 0 saturated carbocycles. The van der Waals surface area contributed by atoms with Gasteiger partial charge in [0.1, 0.15) is 5.82 Å². The van der Waals surface area contributed by atoms with Crippen molar-refractivity contribution in [2.45, 2.75) is 33.6 Å². The average molecular weight is 375 g/mol. The zero-order valence-corrected chi connectivity index (χ0v) is 16.6. The highest BCUT2D eigenvalue weighted by molar-refractivity contribution is 5.98. The standard InChI is InChI=1S/C22H25N5O/c1-15-4-6-18(7-5-15)22(28)19-8-10-26(11-9-19)20-13-23-14-21(24-20)27-17(3)12-16(2)25-27/h4-7,12-14,19H,8-11H2,1-3H3. The molecule has 0 N–H and O–H groups in total. The van der Waals surface area contributed by atoms with Gasteiger partial charge in [-0.3, -0.25) is 9.78 Å². The predicted octanol–water partition coefficient (Wildman–Crippen LogP) is 3.69. The quantitative estimate of drug-likeness (QED) is 0.651. The number of carbonyl (C=O) groups is 1. The summed E-state index contributed by atoms with van der Waals surface area (Å²) in [5, 5.41) is 4.49. The number of nitrogens with zero attached hydrogens (tertiary/aromatic N) is 5. The molecule has 0 aliphatic carbocycles. The van der Waals surface area contributed by atoms with E-state index in [4.69, 9.17) is 4.98 Å². The Bertz CT molecular complexity index is 984. The second-order valence-corrected chi connectivity index (χ2v) is 7.57. The van der Waals surface area contributed by atoms with Gasteiger partial charge in [-0.05, 0) is 39.7 Å². The van der Waals surface area contributed by atoms with E-state index in [9.17, 15) is 4.79 Å². The van der Waals surface area contributed by atoms with Gasteiger partial charge in [-0.1, -0.05) is 29.8 Å². The molecule has 3 aromatic rings. The van der Waals surface area contributed by atoms with Crippen LogP contribution in [0.1, 0.15) is 40.2 Å². The predicted molar refractivity (Wildman–Crippen MR) is 109 cm³/mol. The Balaban J connectivity index is 1.45. The third kappa shape index (κ3) is 3.67. The monoisotopic (exact) mass is 375 g/mol. The minimum Gasteiger partial charge on any atom is -0.355 e. The van der Waals surface area contributed by atoms with E-state index in [1.54, 1.807) is 12.4 Å². The minimum absolute atomic E-state index is 0.0751. The number of rotatable bonds is 4. The molecule has 0 spiro atoms. The van der Waals surface area contributed by atoms with E-state index < -0.39 is 0 Å². The van der Waals surface area contributed by atoms with Gasteiger partial charge in [0.05, 0.1) is 18.1 Å². The molecule has 0 radical (unpaired) electrons. The third-order valence-electron chi connectivity index (χ3n) is 5.36. The molecule has 0 atom stereocenters. The summed E-state index contributed by atoms with van der Waals surface area (Å²) in [6.07, 6.45) is 5.19. The van der Waals surface area contributed by atoms with Crippen molar-refractivity contribution in [3.63, 3.8) is 0 Å². The fourth-order valence-corrected chi connectivity index (χ4v) is 3.79. The normalized spacial score (nSPS) is 15.0. The highest BCUT2D eigenvalue weighted by atomic mass is 16.1. The molecule has 28 heavy (non-hydrogen) atoms. The van der Waals surface area contributed by atoms with Crippen LogP contribution in [0.15, 0.2) is 42.7 Å². The molecule has 0 amide bonds. The van der Waals surface area contributed by atoms with Gasteiger partial charge in [0.2, 0.25) is 0 Å². The lowest BCUT2D eigenvalue weighted by atomic mass is 9.88. The Morgan fingerprint density at radius 3 is 2.32 bits per heavy atom. The van der Waals surface area contributed by atoms with Gasteiger partial charge >= 0.3 is 0 Å². The summed E-state index contributed by atoms with van der Waals surface area (Å²) in [5.74, 6) is 1.89. The molecule has 3 heterocycles. The summed E-state index contributed by atoms with van der Waals surface area (Å²) in [6, 6.07) is 9.90. The molecule has 1 aliphatic heterocycles. The lowest BCUT2D eigenvalue weighted by molar-refractivity contribution is 0.0900. The van der Waals surface area contributed by atoms with Crippen LogP contribution < -0.4 is 4.90 Å². The van der Waals surface area contributed by atoms with Crippen molar-refractivity contribution in [1.82, 2.24) is 19.7 Å². The number of benzene rings is 1. The average Bonchev–Trinajstić information content (AvgIpc) is 3.06. The SMILES string of the molecule is Cc1ccc(C(=O)C2CCN(c3cncc(-n4nc(C)cc4C)n3)CC2)cc1. The largest absolute Gasteiger partial charge is 0.355 e. The van der Waals surface area contributed by atoms with Gasteiger partial charge in [0, 0.05) is 30.3 Å². The molecule has 1 aromatic carbocycles. The van der Waals surface area contributed by atoms with Crippen LogP contribution in [-0.2, 0) is 0 Å². The van der Waals surface area contributed by atoms with E-state index in [1.165, 1.54) is 5.56 Å². The van der Waals surface area contributed by atoms with Crippen LogP contribution in [0.25, 0.3) is 5.82 Å². The number of ketones is 1. The first-order valence-electron chi connectivity index (χ1n) is 9.73. The number of carbonyl (C=O) groups excluding carboxylic acids is 1. The lowest BCUT2D eigenvalue weighted by Crippen LogP contribution is -2.37. The fourth-order valence-electron chi connectivity index (χ4n) is 3.79. The molecule has 1 saturated heterocycles. The lowest BCUT2D eigenvalue weighted by Gasteiger charge is -2.32. The number of piperidine rings is 1. The molecule has 1 aliphatic rings. The van der Waals surface area contributed by atoms with Crippen molar-refractivity contribution < 1.29 is 4.79 Å². The first kappa shape index (κ1) is 18.3. The van der Waals surface area contributed by atoms with Crippen LogP contribution in [0.3, 0.4) is 0 Å². The molecule has 144 valence electrons. The summed E-state index contributed by atoms with van der Waals surface area (Å²) in [7, 11) is 0. The van der Waals surface area contributed by atoms with E-state index in [-0.39, 0.29) is 11.7 Å². The van der Waals surface area contributed by atoms with Crippen LogP contribution >= 0.6 is 0 Å². The van der Waals surface area contributed by atoms with E-state index >= 15 is 0 Å². The van der Waals surface area contributed by atoms with Gasteiger partial charge in [0.25, 0.3) is 0 Å². The fraction of sp³-hybridized carbons (Fsp3) is 0.364. The highest BCUT2D eigenvalue weighted by Gasteiger charge is 2.26. The first-order chi connectivity index (χ1) is 13.5. The van der Waals surface area contributed by atoms with Gasteiger partial charge in [-0.25, -0.2) is 9.67 Å². The van der Waals surface area contributed by atoms with Crippen LogP contribution in [0.4, 0.5) is 5.82 Å². The van der Waals surface area contributed by atoms with Gasteiger partial charge in [0.15, 0.2) is 11.6 Å². The number of anilines is 1. The van der Waals surface area contributed by atoms with Crippen LogP contribution in [0.5, 0.6) is 0 Å². The second kappa shape index (κ2) is 7.54. The Kier molecular flexibility index (Phi) is 4.94. The molecular weight excluding hydrogens is 350 g/mol. The third-order valence-corrected chi connectivity index (χ3v) is 5.36. The van der Waals surface area contributed by atoms with E-state index in [0.29, 0.717) is 0 Å². The zero-order chi connectivity index (χ0) is 19.7. The van der Waals surface area contributed by atoms with Gasteiger partial charge in [-0.2, -0.15) is 5.10 Å². The first-order valence-corrected chi connectivity index (χ1v) is 9.73. The maximum Gasteiger partial charge on any atom is 0.174 e. The summed E-state index contributed by atoms with van der Waals surface area (Å²) >= 11 is 0. The molecule has 0 bridgehead atoms. The van der Waals surface area contributed by atoms with E-state index in [1.807, 2.05) is 55.8 Å². The van der Waals surface area contributed by atoms with E-state index in [2.05, 4.69) is 15.0 Å². The Labute approximate surface area is 165 Å². The summed E-state index contributed by atoms with van der Waals surface area (Å²) in [6.45, 7) is 7.62. The van der Waals surface area contributed by atoms with Gasteiger partial charge < -0.3 is 4.90 Å². The smallest absolute Gasteiger partial charge is 0.174 e. The topological polar surface area (TPSA) is 63.9 Å². The van der Waals surface area contributed by atoms with Crippen LogP contribution in [-0.4, -0.2) is 38.6 Å². The Hall–Kier alpha value is -3.02. The van der Waals surface area contributed by atoms with Crippen molar-refractivity contribution in [3.8, 4) is 5.82 Å². The van der Waals surface area contributed by atoms with Crippen molar-refractivity contribution >= 4 is 11.6 Å². The number of aryl methyl sites for hydroxylation is 3. The summed E-state index contributed by atoms with van der Waals surface area (Å²) in [4.78, 5) is 24.1. The van der Waals surface area contributed by atoms with Crippen molar-refractivity contribution in [2.24, 2.45) is 5.92 Å². The van der Waals surface area contributed by atoms with Gasteiger partial charge in [-0.15, -0.1) is 0 Å². The summed E-state index contributed by atoms with van der Waals surface area (Å²) in [5.41, 5.74) is 3.98. The molecule has 4 rings (SSSR count). The number of hydrogen-bond donors (Lipinski definition) is 0. The maximum absolute atomic E-state index is 12.8. The molecule has 6 heteroatoms. The molecule has 2 aromatic heterocycles. The molecule has 0 unspecified atom stereocenters. The molecule has 1 fully saturated rings. The van der Waals surface area contributed by atoms with Crippen LogP contribution in [0, 0.1) is 26.7 Å². The highest BCUT2D eigenvalue weighted by Crippen LogP contribution is 2.25. The second-order valence-electron chi connectivity index (χ2n) is 7.57. The number of aromatic nitrogens is 4. The summed E-state index contributed by atoms with van der Waals surface area (Å²) < 4.78 is 1.82. The van der Waals surface area contributed by atoms with Crippen molar-refractivity contribution in [3.05, 3.63) is 65.2 Å². The number of Topliss-reactive ketones (excluding diaryl/α,β-unsaturated/α-hetero) is 1.